The number of hydrogen-bond acceptors (Lipinski definition) is 4. The lowest BCUT2D eigenvalue weighted by molar-refractivity contribution is 0.102. The Morgan fingerprint density at radius 3 is 2.65 bits per heavy atom. The molecule has 0 atom stereocenters. The summed E-state index contributed by atoms with van der Waals surface area (Å²) in [5, 5.41) is 2.74. The summed E-state index contributed by atoms with van der Waals surface area (Å²) in [6.45, 7) is 1.75. The van der Waals surface area contributed by atoms with Gasteiger partial charge in [0.15, 0.2) is 11.5 Å². The van der Waals surface area contributed by atoms with Crippen LogP contribution >= 0.6 is 11.8 Å². The van der Waals surface area contributed by atoms with E-state index in [9.17, 15) is 13.6 Å². The van der Waals surface area contributed by atoms with Crippen molar-refractivity contribution in [2.75, 3.05) is 5.32 Å². The molecule has 4 nitrogen and oxygen atoms in total. The molecule has 118 valence electrons. The van der Waals surface area contributed by atoms with Gasteiger partial charge in [-0.15, -0.1) is 0 Å². The molecule has 1 aromatic heterocycles. The lowest BCUT2D eigenvalue weighted by Gasteiger charge is -2.06. The van der Waals surface area contributed by atoms with Gasteiger partial charge in [-0.3, -0.25) is 4.79 Å². The SMILES string of the molecule is Cc1nc2cc(NC(=O)c3ccc(SC(F)F)cc3)ccc2o1. The Morgan fingerprint density at radius 1 is 1.22 bits per heavy atom. The Morgan fingerprint density at radius 2 is 1.96 bits per heavy atom. The van der Waals surface area contributed by atoms with E-state index >= 15 is 0 Å². The van der Waals surface area contributed by atoms with E-state index in [4.69, 9.17) is 4.42 Å². The van der Waals surface area contributed by atoms with Gasteiger partial charge < -0.3 is 9.73 Å². The molecular weight excluding hydrogens is 322 g/mol. The van der Waals surface area contributed by atoms with E-state index < -0.39 is 5.76 Å². The molecule has 0 aliphatic rings. The molecule has 0 fully saturated rings. The van der Waals surface area contributed by atoms with Crippen molar-refractivity contribution in [1.82, 2.24) is 4.98 Å². The number of nitrogens with zero attached hydrogens (tertiary/aromatic N) is 1. The van der Waals surface area contributed by atoms with Crippen molar-refractivity contribution < 1.29 is 18.0 Å². The number of amides is 1. The lowest BCUT2D eigenvalue weighted by atomic mass is 10.2. The van der Waals surface area contributed by atoms with Crippen LogP contribution in [0.25, 0.3) is 11.1 Å². The molecule has 23 heavy (non-hydrogen) atoms. The number of aromatic nitrogens is 1. The van der Waals surface area contributed by atoms with Crippen LogP contribution in [0.2, 0.25) is 0 Å². The number of hydrogen-bond donors (Lipinski definition) is 1. The van der Waals surface area contributed by atoms with Crippen LogP contribution < -0.4 is 5.32 Å². The Bertz CT molecular complexity index is 847. The summed E-state index contributed by atoms with van der Waals surface area (Å²) in [4.78, 5) is 16.8. The molecule has 0 aliphatic carbocycles. The number of thioether (sulfide) groups is 1. The Labute approximate surface area is 134 Å². The van der Waals surface area contributed by atoms with Gasteiger partial charge >= 0.3 is 0 Å². The van der Waals surface area contributed by atoms with E-state index in [0.717, 1.165) is 0 Å². The molecule has 0 bridgehead atoms. The van der Waals surface area contributed by atoms with Gasteiger partial charge in [-0.1, -0.05) is 11.8 Å². The first-order valence-electron chi connectivity index (χ1n) is 6.75. The quantitative estimate of drug-likeness (QED) is 0.703. The summed E-state index contributed by atoms with van der Waals surface area (Å²) in [5.74, 6) is -2.25. The number of oxazole rings is 1. The monoisotopic (exact) mass is 334 g/mol. The smallest absolute Gasteiger partial charge is 0.288 e. The Kier molecular flexibility index (Phi) is 4.29. The van der Waals surface area contributed by atoms with Gasteiger partial charge in [0.1, 0.15) is 5.52 Å². The molecule has 0 radical (unpaired) electrons. The van der Waals surface area contributed by atoms with E-state index in [2.05, 4.69) is 10.3 Å². The molecule has 0 saturated carbocycles. The van der Waals surface area contributed by atoms with E-state index in [1.807, 2.05) is 0 Å². The average molecular weight is 334 g/mol. The molecule has 0 unspecified atom stereocenters. The molecule has 1 heterocycles. The van der Waals surface area contributed by atoms with E-state index in [1.54, 1.807) is 25.1 Å². The summed E-state index contributed by atoms with van der Waals surface area (Å²) in [6, 6.07) is 11.2. The Hall–Kier alpha value is -2.41. The van der Waals surface area contributed by atoms with Gasteiger partial charge in [-0.2, -0.15) is 8.78 Å². The second-order valence-corrected chi connectivity index (χ2v) is 5.84. The first-order chi connectivity index (χ1) is 11.0. The highest BCUT2D eigenvalue weighted by Crippen LogP contribution is 2.25. The standard InChI is InChI=1S/C16H12F2N2O2S/c1-9-19-13-8-11(4-7-14(13)22-9)20-15(21)10-2-5-12(6-3-10)23-16(17)18/h2-8,16H,1H3,(H,20,21). The normalized spacial score (nSPS) is 11.1. The zero-order chi connectivity index (χ0) is 16.4. The van der Waals surface area contributed by atoms with Gasteiger partial charge in [-0.25, -0.2) is 4.98 Å². The van der Waals surface area contributed by atoms with Crippen LogP contribution in [0, 0.1) is 6.92 Å². The number of carbonyl (C=O) groups excluding carboxylic acids is 1. The van der Waals surface area contributed by atoms with Crippen molar-refractivity contribution in [3.63, 3.8) is 0 Å². The molecule has 0 saturated heterocycles. The third kappa shape index (κ3) is 3.68. The highest BCUT2D eigenvalue weighted by atomic mass is 32.2. The first kappa shape index (κ1) is 15.5. The number of rotatable bonds is 4. The summed E-state index contributed by atoms with van der Waals surface area (Å²) >= 11 is 0.443. The maximum atomic E-state index is 12.3. The maximum absolute atomic E-state index is 12.3. The van der Waals surface area contributed by atoms with Crippen molar-refractivity contribution >= 4 is 34.5 Å². The largest absolute Gasteiger partial charge is 0.441 e. The van der Waals surface area contributed by atoms with Crippen molar-refractivity contribution in [2.24, 2.45) is 0 Å². The molecule has 7 heteroatoms. The molecule has 1 N–H and O–H groups in total. The van der Waals surface area contributed by atoms with Gasteiger partial charge in [0, 0.05) is 23.1 Å². The third-order valence-corrected chi connectivity index (χ3v) is 3.82. The molecular formula is C16H12F2N2O2S. The van der Waals surface area contributed by atoms with Crippen molar-refractivity contribution in [2.45, 2.75) is 17.6 Å². The number of carbonyl (C=O) groups is 1. The number of anilines is 1. The zero-order valence-electron chi connectivity index (χ0n) is 12.0. The van der Waals surface area contributed by atoms with Crippen LogP contribution in [0.3, 0.4) is 0 Å². The lowest BCUT2D eigenvalue weighted by Crippen LogP contribution is -2.11. The summed E-state index contributed by atoms with van der Waals surface area (Å²) in [7, 11) is 0. The van der Waals surface area contributed by atoms with Crippen molar-refractivity contribution in [3.8, 4) is 0 Å². The van der Waals surface area contributed by atoms with Crippen molar-refractivity contribution in [1.29, 1.82) is 0 Å². The fourth-order valence-electron chi connectivity index (χ4n) is 2.11. The molecule has 1 amide bonds. The maximum Gasteiger partial charge on any atom is 0.288 e. The van der Waals surface area contributed by atoms with E-state index in [0.29, 0.717) is 44.9 Å². The summed E-state index contributed by atoms with van der Waals surface area (Å²) in [6.07, 6.45) is 0. The number of benzene rings is 2. The first-order valence-corrected chi connectivity index (χ1v) is 7.62. The predicted molar refractivity (Wildman–Crippen MR) is 85.0 cm³/mol. The van der Waals surface area contributed by atoms with Gasteiger partial charge in [0.05, 0.1) is 0 Å². The highest BCUT2D eigenvalue weighted by molar-refractivity contribution is 7.99. The second kappa shape index (κ2) is 6.37. The number of aryl methyl sites for hydroxylation is 1. The minimum Gasteiger partial charge on any atom is -0.441 e. The van der Waals surface area contributed by atoms with E-state index in [1.165, 1.54) is 24.3 Å². The van der Waals surface area contributed by atoms with Gasteiger partial charge in [0.25, 0.3) is 11.7 Å². The summed E-state index contributed by atoms with van der Waals surface area (Å²) in [5.41, 5.74) is 2.28. The predicted octanol–water partition coefficient (Wildman–Crippen LogP) is 4.70. The third-order valence-electron chi connectivity index (χ3n) is 3.09. The van der Waals surface area contributed by atoms with E-state index in [-0.39, 0.29) is 5.91 Å². The zero-order valence-corrected chi connectivity index (χ0v) is 12.9. The second-order valence-electron chi connectivity index (χ2n) is 4.77. The topological polar surface area (TPSA) is 55.1 Å². The number of alkyl halides is 2. The van der Waals surface area contributed by atoms with Gasteiger partial charge in [0.2, 0.25) is 0 Å². The summed E-state index contributed by atoms with van der Waals surface area (Å²) < 4.78 is 29.9. The molecule has 2 aromatic carbocycles. The molecule has 3 rings (SSSR count). The number of nitrogens with one attached hydrogen (secondary N) is 1. The van der Waals surface area contributed by atoms with Crippen LogP contribution in [0.1, 0.15) is 16.2 Å². The molecule has 3 aromatic rings. The molecule has 0 spiro atoms. The van der Waals surface area contributed by atoms with Crippen LogP contribution in [0.15, 0.2) is 51.8 Å². The fourth-order valence-corrected chi connectivity index (χ4v) is 2.61. The van der Waals surface area contributed by atoms with Crippen LogP contribution in [0.4, 0.5) is 14.5 Å². The van der Waals surface area contributed by atoms with Gasteiger partial charge in [-0.05, 0) is 42.5 Å². The average Bonchev–Trinajstić information content (AvgIpc) is 2.86. The fraction of sp³-hybridized carbons (Fsp3) is 0.125. The Balaban J connectivity index is 1.74. The highest BCUT2D eigenvalue weighted by Gasteiger charge is 2.10. The number of fused-ring (bicyclic) bond motifs is 1. The minimum absolute atomic E-state index is 0.321. The van der Waals surface area contributed by atoms with Crippen LogP contribution in [-0.2, 0) is 0 Å². The molecule has 0 aliphatic heterocycles. The minimum atomic E-state index is -2.48. The van der Waals surface area contributed by atoms with Crippen LogP contribution in [0.5, 0.6) is 0 Å². The van der Waals surface area contributed by atoms with Crippen LogP contribution in [-0.4, -0.2) is 16.6 Å². The number of halogens is 2. The van der Waals surface area contributed by atoms with Crippen molar-refractivity contribution in [3.05, 3.63) is 53.9 Å².